The minimum absolute atomic E-state index is 0.199. The molecular formula is C16H17N3O2. The van der Waals surface area contributed by atoms with E-state index in [2.05, 4.69) is 33.7 Å². The topological polar surface area (TPSA) is 65.0 Å². The number of ether oxygens (including phenoxy) is 1. The number of hydrogen-bond acceptors (Lipinski definition) is 5. The number of carbonyl (C=O) groups excluding carboxylic acids is 1. The van der Waals surface area contributed by atoms with E-state index in [0.29, 0.717) is 30.8 Å². The van der Waals surface area contributed by atoms with E-state index < -0.39 is 0 Å². The van der Waals surface area contributed by atoms with Gasteiger partial charge < -0.3 is 4.74 Å². The van der Waals surface area contributed by atoms with Gasteiger partial charge in [0.15, 0.2) is 5.65 Å². The summed E-state index contributed by atoms with van der Waals surface area (Å²) >= 11 is 0. The number of pyridine rings is 1. The lowest BCUT2D eigenvalue weighted by Gasteiger charge is -2.00. The van der Waals surface area contributed by atoms with Crippen LogP contribution in [0.3, 0.4) is 0 Å². The molecule has 0 aromatic carbocycles. The van der Waals surface area contributed by atoms with Gasteiger partial charge in [-0.15, -0.1) is 0 Å². The molecule has 0 spiro atoms. The summed E-state index contributed by atoms with van der Waals surface area (Å²) in [5.74, 6) is 5.65. The van der Waals surface area contributed by atoms with Crippen molar-refractivity contribution in [2.75, 3.05) is 6.61 Å². The maximum atomic E-state index is 11.4. The number of hydrogen-bond donors (Lipinski definition) is 0. The number of rotatable bonds is 5. The highest BCUT2D eigenvalue weighted by Crippen LogP contribution is 2.05. The van der Waals surface area contributed by atoms with E-state index in [-0.39, 0.29) is 5.97 Å². The summed E-state index contributed by atoms with van der Waals surface area (Å²) in [5.41, 5.74) is 1.94. The van der Waals surface area contributed by atoms with Crippen molar-refractivity contribution in [1.82, 2.24) is 15.0 Å². The summed E-state index contributed by atoms with van der Waals surface area (Å²) in [6.07, 6.45) is 5.91. The number of esters is 1. The first-order valence-corrected chi connectivity index (χ1v) is 7.02. The molecule has 2 aromatic heterocycles. The molecule has 0 saturated heterocycles. The molecule has 0 fully saturated rings. The SMILES string of the molecule is CCCCOC(=O)CCC#Cc1ccc2nccnc2n1. The van der Waals surface area contributed by atoms with Crippen LogP contribution in [0.25, 0.3) is 11.2 Å². The maximum Gasteiger partial charge on any atom is 0.306 e. The van der Waals surface area contributed by atoms with Crippen molar-refractivity contribution in [3.8, 4) is 11.8 Å². The van der Waals surface area contributed by atoms with E-state index in [0.717, 1.165) is 18.4 Å². The van der Waals surface area contributed by atoms with Crippen LogP contribution in [0, 0.1) is 11.8 Å². The summed E-state index contributed by atoms with van der Waals surface area (Å²) in [6.45, 7) is 2.55. The standard InChI is InChI=1S/C16H17N3O2/c1-2-3-12-21-15(20)7-5-4-6-13-8-9-14-16(19-13)18-11-10-17-14/h8-11H,2-3,5,7,12H2,1H3. The zero-order valence-corrected chi connectivity index (χ0v) is 12.0. The molecule has 2 heterocycles. The van der Waals surface area contributed by atoms with Crippen LogP contribution < -0.4 is 0 Å². The molecule has 5 nitrogen and oxygen atoms in total. The number of unbranched alkanes of at least 4 members (excludes halogenated alkanes) is 1. The second-order valence-corrected chi connectivity index (χ2v) is 4.47. The molecule has 0 radical (unpaired) electrons. The molecule has 21 heavy (non-hydrogen) atoms. The lowest BCUT2D eigenvalue weighted by atomic mass is 10.3. The quantitative estimate of drug-likeness (QED) is 0.479. The number of aromatic nitrogens is 3. The third-order valence-corrected chi connectivity index (χ3v) is 2.76. The van der Waals surface area contributed by atoms with Crippen LogP contribution in [0.5, 0.6) is 0 Å². The van der Waals surface area contributed by atoms with Crippen molar-refractivity contribution in [2.45, 2.75) is 32.6 Å². The van der Waals surface area contributed by atoms with E-state index in [4.69, 9.17) is 4.74 Å². The normalized spacial score (nSPS) is 9.95. The average Bonchev–Trinajstić information content (AvgIpc) is 2.52. The predicted octanol–water partition coefficient (Wildman–Crippen LogP) is 2.50. The molecule has 0 aliphatic heterocycles. The van der Waals surface area contributed by atoms with Gasteiger partial charge in [0.2, 0.25) is 0 Å². The van der Waals surface area contributed by atoms with Crippen LogP contribution in [0.4, 0.5) is 0 Å². The van der Waals surface area contributed by atoms with Crippen molar-refractivity contribution in [3.05, 3.63) is 30.2 Å². The summed E-state index contributed by atoms with van der Waals surface area (Å²) in [4.78, 5) is 23.9. The van der Waals surface area contributed by atoms with Crippen molar-refractivity contribution in [1.29, 1.82) is 0 Å². The highest BCUT2D eigenvalue weighted by atomic mass is 16.5. The molecule has 108 valence electrons. The number of fused-ring (bicyclic) bond motifs is 1. The van der Waals surface area contributed by atoms with Gasteiger partial charge in [-0.25, -0.2) is 9.97 Å². The molecule has 0 aliphatic carbocycles. The molecule has 0 atom stereocenters. The van der Waals surface area contributed by atoms with E-state index in [9.17, 15) is 4.79 Å². The fourth-order valence-electron chi connectivity index (χ4n) is 1.64. The molecule has 5 heteroatoms. The van der Waals surface area contributed by atoms with E-state index in [1.54, 1.807) is 18.5 Å². The zero-order chi connectivity index (χ0) is 14.9. The Morgan fingerprint density at radius 3 is 3.00 bits per heavy atom. The molecule has 0 saturated carbocycles. The summed E-state index contributed by atoms with van der Waals surface area (Å²) in [6, 6.07) is 3.63. The van der Waals surface area contributed by atoms with Crippen LogP contribution in [-0.2, 0) is 9.53 Å². The molecule has 0 aliphatic rings. The number of nitrogens with zero attached hydrogens (tertiary/aromatic N) is 3. The van der Waals surface area contributed by atoms with Gasteiger partial charge in [-0.1, -0.05) is 19.3 Å². The Morgan fingerprint density at radius 2 is 2.14 bits per heavy atom. The van der Waals surface area contributed by atoms with Crippen LogP contribution >= 0.6 is 0 Å². The van der Waals surface area contributed by atoms with E-state index in [1.165, 1.54) is 0 Å². The second-order valence-electron chi connectivity index (χ2n) is 4.47. The summed E-state index contributed by atoms with van der Waals surface area (Å²) in [5, 5.41) is 0. The zero-order valence-electron chi connectivity index (χ0n) is 12.0. The van der Waals surface area contributed by atoms with Crippen LogP contribution in [0.15, 0.2) is 24.5 Å². The van der Waals surface area contributed by atoms with E-state index >= 15 is 0 Å². The Kier molecular flexibility index (Phi) is 5.65. The molecule has 0 bridgehead atoms. The monoisotopic (exact) mass is 283 g/mol. The average molecular weight is 283 g/mol. The summed E-state index contributed by atoms with van der Waals surface area (Å²) < 4.78 is 5.05. The lowest BCUT2D eigenvalue weighted by Crippen LogP contribution is -2.04. The van der Waals surface area contributed by atoms with Crippen molar-refractivity contribution in [2.24, 2.45) is 0 Å². The van der Waals surface area contributed by atoms with Gasteiger partial charge in [0.25, 0.3) is 0 Å². The molecular weight excluding hydrogens is 266 g/mol. The van der Waals surface area contributed by atoms with Gasteiger partial charge in [-0.3, -0.25) is 9.78 Å². The lowest BCUT2D eigenvalue weighted by molar-refractivity contribution is -0.143. The van der Waals surface area contributed by atoms with Crippen LogP contribution in [-0.4, -0.2) is 27.5 Å². The van der Waals surface area contributed by atoms with Crippen molar-refractivity contribution < 1.29 is 9.53 Å². The maximum absolute atomic E-state index is 11.4. The minimum atomic E-state index is -0.199. The first kappa shape index (κ1) is 14.9. The van der Waals surface area contributed by atoms with Gasteiger partial charge in [0, 0.05) is 18.8 Å². The van der Waals surface area contributed by atoms with Gasteiger partial charge in [0.1, 0.15) is 11.2 Å². The van der Waals surface area contributed by atoms with Gasteiger partial charge in [-0.05, 0) is 24.5 Å². The Morgan fingerprint density at radius 1 is 1.29 bits per heavy atom. The molecule has 2 aromatic rings. The highest BCUT2D eigenvalue weighted by Gasteiger charge is 2.00. The van der Waals surface area contributed by atoms with Crippen LogP contribution in [0.2, 0.25) is 0 Å². The Hall–Kier alpha value is -2.48. The van der Waals surface area contributed by atoms with Gasteiger partial charge in [0.05, 0.1) is 13.0 Å². The van der Waals surface area contributed by atoms with Crippen LogP contribution in [0.1, 0.15) is 38.3 Å². The summed E-state index contributed by atoms with van der Waals surface area (Å²) in [7, 11) is 0. The Labute approximate surface area is 123 Å². The number of carbonyl (C=O) groups is 1. The first-order valence-electron chi connectivity index (χ1n) is 7.02. The van der Waals surface area contributed by atoms with Crippen molar-refractivity contribution >= 4 is 17.1 Å². The Bertz CT molecular complexity index is 674. The minimum Gasteiger partial charge on any atom is -0.466 e. The molecule has 0 N–H and O–H groups in total. The third-order valence-electron chi connectivity index (χ3n) is 2.76. The van der Waals surface area contributed by atoms with Crippen molar-refractivity contribution in [3.63, 3.8) is 0 Å². The van der Waals surface area contributed by atoms with Gasteiger partial charge >= 0.3 is 5.97 Å². The molecule has 0 unspecified atom stereocenters. The van der Waals surface area contributed by atoms with E-state index in [1.807, 2.05) is 6.07 Å². The highest BCUT2D eigenvalue weighted by molar-refractivity contribution is 5.70. The first-order chi connectivity index (χ1) is 10.3. The Balaban J connectivity index is 1.85. The fourth-order valence-corrected chi connectivity index (χ4v) is 1.64. The fraction of sp³-hybridized carbons (Fsp3) is 0.375. The smallest absolute Gasteiger partial charge is 0.306 e. The molecule has 2 rings (SSSR count). The largest absolute Gasteiger partial charge is 0.466 e. The van der Waals surface area contributed by atoms with Gasteiger partial charge in [-0.2, -0.15) is 0 Å². The predicted molar refractivity (Wildman–Crippen MR) is 79.3 cm³/mol. The second kappa shape index (κ2) is 7.95. The molecule has 0 amide bonds. The third kappa shape index (κ3) is 4.84.